The number of aromatic nitrogens is 1. The van der Waals surface area contributed by atoms with Gasteiger partial charge >= 0.3 is 6.18 Å². The molecule has 0 unspecified atom stereocenters. The van der Waals surface area contributed by atoms with E-state index in [0.717, 1.165) is 17.4 Å². The maximum Gasteiger partial charge on any atom is 0.417 e. The third kappa shape index (κ3) is 2.21. The van der Waals surface area contributed by atoms with Crippen LogP contribution >= 0.6 is 11.3 Å². The van der Waals surface area contributed by atoms with Gasteiger partial charge in [-0.25, -0.2) is 4.98 Å². The minimum absolute atomic E-state index is 0.0201. The Morgan fingerprint density at radius 1 is 1.28 bits per heavy atom. The number of halogens is 3. The molecule has 0 atom stereocenters. The molecule has 18 heavy (non-hydrogen) atoms. The van der Waals surface area contributed by atoms with Crippen LogP contribution in [0.5, 0.6) is 0 Å². The van der Waals surface area contributed by atoms with Crippen molar-refractivity contribution in [2.45, 2.75) is 6.18 Å². The van der Waals surface area contributed by atoms with Gasteiger partial charge in [-0.05, 0) is 6.07 Å². The van der Waals surface area contributed by atoms with Gasteiger partial charge in [-0.3, -0.25) is 4.79 Å². The summed E-state index contributed by atoms with van der Waals surface area (Å²) >= 11 is 0.919. The van der Waals surface area contributed by atoms with Crippen molar-refractivity contribution >= 4 is 17.2 Å². The number of carbonyl (C=O) groups excluding carboxylic acids is 1. The van der Waals surface area contributed by atoms with E-state index in [-0.39, 0.29) is 16.1 Å². The normalized spacial score (nSPS) is 11.5. The summed E-state index contributed by atoms with van der Waals surface area (Å²) in [7, 11) is 0. The summed E-state index contributed by atoms with van der Waals surface area (Å²) < 4.78 is 38.5. The molecule has 2 aromatic rings. The van der Waals surface area contributed by atoms with Crippen molar-refractivity contribution in [3.8, 4) is 11.3 Å². The van der Waals surface area contributed by atoms with Crippen LogP contribution in [0.3, 0.4) is 0 Å². The summed E-state index contributed by atoms with van der Waals surface area (Å²) in [6, 6.07) is 4.95. The first-order valence-electron chi connectivity index (χ1n) is 4.81. The first-order valence-corrected chi connectivity index (χ1v) is 5.69. The Balaban J connectivity index is 2.65. The maximum absolute atomic E-state index is 12.8. The second-order valence-electron chi connectivity index (χ2n) is 3.44. The minimum atomic E-state index is -4.50. The van der Waals surface area contributed by atoms with Crippen LogP contribution in [0.4, 0.5) is 13.2 Å². The van der Waals surface area contributed by atoms with E-state index in [4.69, 9.17) is 5.73 Å². The van der Waals surface area contributed by atoms with Crippen LogP contribution < -0.4 is 5.73 Å². The summed E-state index contributed by atoms with van der Waals surface area (Å²) in [6.07, 6.45) is -4.50. The van der Waals surface area contributed by atoms with E-state index >= 15 is 0 Å². The van der Waals surface area contributed by atoms with E-state index < -0.39 is 17.6 Å². The number of primary amides is 1. The Morgan fingerprint density at radius 3 is 2.56 bits per heavy atom. The number of alkyl halides is 3. The molecule has 0 saturated carbocycles. The highest BCUT2D eigenvalue weighted by atomic mass is 32.1. The number of nitrogens with zero attached hydrogens (tertiary/aromatic N) is 1. The molecule has 0 fully saturated rings. The summed E-state index contributed by atoms with van der Waals surface area (Å²) in [4.78, 5) is 14.9. The summed E-state index contributed by atoms with van der Waals surface area (Å²) in [5.41, 5.74) is 5.40. The van der Waals surface area contributed by atoms with E-state index in [2.05, 4.69) is 4.98 Å². The highest BCUT2D eigenvalue weighted by molar-refractivity contribution is 7.12. The number of benzene rings is 1. The van der Waals surface area contributed by atoms with Gasteiger partial charge in [0.1, 0.15) is 4.88 Å². The van der Waals surface area contributed by atoms with Gasteiger partial charge in [0.15, 0.2) is 0 Å². The molecular formula is C11H7F3N2OS. The van der Waals surface area contributed by atoms with Gasteiger partial charge in [0, 0.05) is 5.56 Å². The van der Waals surface area contributed by atoms with Gasteiger partial charge in [0.05, 0.1) is 16.8 Å². The molecule has 1 aromatic carbocycles. The second kappa shape index (κ2) is 4.41. The van der Waals surface area contributed by atoms with Gasteiger partial charge in [-0.15, -0.1) is 11.3 Å². The average Bonchev–Trinajstić information content (AvgIpc) is 2.76. The lowest BCUT2D eigenvalue weighted by molar-refractivity contribution is -0.137. The standard InChI is InChI=1S/C11H7F3N2OS/c12-11(13,14)7-4-2-1-3-6(7)8-9(10(15)17)18-5-16-8/h1-5H,(H2,15,17). The molecule has 1 aromatic heterocycles. The predicted molar refractivity (Wildman–Crippen MR) is 61.1 cm³/mol. The highest BCUT2D eigenvalue weighted by Crippen LogP contribution is 2.38. The summed E-state index contributed by atoms with van der Waals surface area (Å²) in [5, 5.41) is 0. The molecule has 2 rings (SSSR count). The number of amides is 1. The molecular weight excluding hydrogens is 265 g/mol. The molecule has 0 saturated heterocycles. The van der Waals surface area contributed by atoms with Crippen LogP contribution in [0.25, 0.3) is 11.3 Å². The van der Waals surface area contributed by atoms with Gasteiger partial charge in [0.25, 0.3) is 5.91 Å². The SMILES string of the molecule is NC(=O)c1scnc1-c1ccccc1C(F)(F)F. The second-order valence-corrected chi connectivity index (χ2v) is 4.29. The van der Waals surface area contributed by atoms with E-state index in [1.54, 1.807) is 0 Å². The number of hydrogen-bond donors (Lipinski definition) is 1. The van der Waals surface area contributed by atoms with E-state index in [1.165, 1.54) is 23.7 Å². The summed E-state index contributed by atoms with van der Waals surface area (Å²) in [5.74, 6) is -0.788. The Morgan fingerprint density at radius 2 is 1.94 bits per heavy atom. The number of rotatable bonds is 2. The molecule has 0 spiro atoms. The molecule has 2 N–H and O–H groups in total. The van der Waals surface area contributed by atoms with Crippen molar-refractivity contribution in [1.82, 2.24) is 4.98 Å². The van der Waals surface area contributed by atoms with Crippen LogP contribution in [0, 0.1) is 0 Å². The molecule has 1 amide bonds. The molecule has 0 aliphatic heterocycles. The third-order valence-corrected chi connectivity index (χ3v) is 3.12. The Hall–Kier alpha value is -1.89. The molecule has 3 nitrogen and oxygen atoms in total. The fraction of sp³-hybridized carbons (Fsp3) is 0.0909. The van der Waals surface area contributed by atoms with Crippen molar-refractivity contribution in [3.05, 3.63) is 40.2 Å². The molecule has 7 heteroatoms. The quantitative estimate of drug-likeness (QED) is 0.913. The number of nitrogens with two attached hydrogens (primary N) is 1. The maximum atomic E-state index is 12.8. The van der Waals surface area contributed by atoms with E-state index in [1.807, 2.05) is 0 Å². The van der Waals surface area contributed by atoms with Crippen molar-refractivity contribution in [2.75, 3.05) is 0 Å². The molecule has 1 heterocycles. The van der Waals surface area contributed by atoms with Crippen LogP contribution in [0.1, 0.15) is 15.2 Å². The van der Waals surface area contributed by atoms with Crippen molar-refractivity contribution in [1.29, 1.82) is 0 Å². The monoisotopic (exact) mass is 272 g/mol. The topological polar surface area (TPSA) is 56.0 Å². The number of hydrogen-bond acceptors (Lipinski definition) is 3. The molecule has 94 valence electrons. The molecule has 0 bridgehead atoms. The Labute approximate surface area is 104 Å². The van der Waals surface area contributed by atoms with Crippen LogP contribution in [-0.2, 0) is 6.18 Å². The highest BCUT2D eigenvalue weighted by Gasteiger charge is 2.34. The number of carbonyl (C=O) groups is 1. The van der Waals surface area contributed by atoms with Gasteiger partial charge < -0.3 is 5.73 Å². The lowest BCUT2D eigenvalue weighted by atomic mass is 10.0. The van der Waals surface area contributed by atoms with Gasteiger partial charge in [-0.2, -0.15) is 13.2 Å². The average molecular weight is 272 g/mol. The fourth-order valence-electron chi connectivity index (χ4n) is 1.55. The number of thiazole rings is 1. The minimum Gasteiger partial charge on any atom is -0.365 e. The summed E-state index contributed by atoms with van der Waals surface area (Å²) in [6.45, 7) is 0. The lowest BCUT2D eigenvalue weighted by Crippen LogP contribution is -2.12. The Bertz CT molecular complexity index is 592. The fourth-order valence-corrected chi connectivity index (χ4v) is 2.20. The zero-order chi connectivity index (χ0) is 13.3. The lowest BCUT2D eigenvalue weighted by Gasteiger charge is -2.11. The molecule has 0 aliphatic carbocycles. The smallest absolute Gasteiger partial charge is 0.365 e. The van der Waals surface area contributed by atoms with Gasteiger partial charge in [-0.1, -0.05) is 18.2 Å². The first kappa shape index (κ1) is 12.6. The van der Waals surface area contributed by atoms with Crippen LogP contribution in [-0.4, -0.2) is 10.9 Å². The predicted octanol–water partition coefficient (Wildman–Crippen LogP) is 2.93. The van der Waals surface area contributed by atoms with Crippen molar-refractivity contribution in [3.63, 3.8) is 0 Å². The van der Waals surface area contributed by atoms with Crippen molar-refractivity contribution < 1.29 is 18.0 Å². The third-order valence-electron chi connectivity index (χ3n) is 2.28. The zero-order valence-electron chi connectivity index (χ0n) is 8.86. The largest absolute Gasteiger partial charge is 0.417 e. The van der Waals surface area contributed by atoms with Crippen LogP contribution in [0.2, 0.25) is 0 Å². The van der Waals surface area contributed by atoms with Crippen molar-refractivity contribution in [2.24, 2.45) is 5.73 Å². The van der Waals surface area contributed by atoms with Gasteiger partial charge in [0.2, 0.25) is 0 Å². The molecule has 0 radical (unpaired) electrons. The van der Waals surface area contributed by atoms with E-state index in [9.17, 15) is 18.0 Å². The first-order chi connectivity index (χ1) is 8.41. The Kier molecular flexibility index (Phi) is 3.08. The van der Waals surface area contributed by atoms with Crippen LogP contribution in [0.15, 0.2) is 29.8 Å². The van der Waals surface area contributed by atoms with E-state index in [0.29, 0.717) is 0 Å². The molecule has 0 aliphatic rings. The zero-order valence-corrected chi connectivity index (χ0v) is 9.68.